The van der Waals surface area contributed by atoms with E-state index < -0.39 is 34.8 Å². The van der Waals surface area contributed by atoms with Crippen molar-refractivity contribution in [3.63, 3.8) is 0 Å². The molecule has 0 aromatic heterocycles. The quantitative estimate of drug-likeness (QED) is 0.486. The van der Waals surface area contributed by atoms with Gasteiger partial charge in [0.2, 0.25) is 5.91 Å². The molecule has 0 aliphatic carbocycles. The van der Waals surface area contributed by atoms with Gasteiger partial charge in [0.15, 0.2) is 0 Å². The van der Waals surface area contributed by atoms with Crippen LogP contribution in [-0.4, -0.2) is 63.9 Å². The lowest BCUT2D eigenvalue weighted by Gasteiger charge is -2.27. The molecule has 1 rings (SSSR count). The highest BCUT2D eigenvalue weighted by molar-refractivity contribution is 7.98. The number of hydrogen-bond acceptors (Lipinski definition) is 6. The Morgan fingerprint density at radius 1 is 1.38 bits per heavy atom. The first-order chi connectivity index (χ1) is 12.2. The van der Waals surface area contributed by atoms with Gasteiger partial charge in [-0.3, -0.25) is 19.7 Å². The van der Waals surface area contributed by atoms with Crippen LogP contribution in [0.3, 0.4) is 0 Å². The maximum Gasteiger partial charge on any atom is 0.326 e. The first-order valence-corrected chi connectivity index (χ1v) is 9.12. The van der Waals surface area contributed by atoms with Crippen molar-refractivity contribution in [2.45, 2.75) is 25.4 Å². The van der Waals surface area contributed by atoms with Gasteiger partial charge < -0.3 is 15.3 Å². The Morgan fingerprint density at radius 3 is 2.58 bits per heavy atom. The Balaban J connectivity index is 2.97. The van der Waals surface area contributed by atoms with E-state index in [0.29, 0.717) is 12.2 Å². The first kappa shape index (κ1) is 21.4. The van der Waals surface area contributed by atoms with E-state index in [4.69, 9.17) is 5.11 Å². The Bertz CT molecular complexity index is 696. The molecule has 0 saturated heterocycles. The van der Waals surface area contributed by atoms with Crippen molar-refractivity contribution in [2.24, 2.45) is 0 Å². The van der Waals surface area contributed by atoms with Gasteiger partial charge in [-0.25, -0.2) is 4.79 Å². The summed E-state index contributed by atoms with van der Waals surface area (Å²) in [5.74, 6) is -1.76. The molecule has 0 fully saturated rings. The van der Waals surface area contributed by atoms with Crippen LogP contribution < -0.4 is 5.32 Å². The molecular formula is C16H21N3O6S. The van der Waals surface area contributed by atoms with Gasteiger partial charge in [-0.2, -0.15) is 11.8 Å². The molecule has 0 spiro atoms. The van der Waals surface area contributed by atoms with Gasteiger partial charge in [0, 0.05) is 24.7 Å². The number of nitrogens with one attached hydrogen (secondary N) is 1. The highest BCUT2D eigenvalue weighted by Crippen LogP contribution is 2.14. The molecule has 0 saturated carbocycles. The largest absolute Gasteiger partial charge is 0.480 e. The van der Waals surface area contributed by atoms with Gasteiger partial charge >= 0.3 is 5.97 Å². The van der Waals surface area contributed by atoms with Crippen LogP contribution in [0, 0.1) is 10.1 Å². The predicted octanol–water partition coefficient (Wildman–Crippen LogP) is 1.38. The molecule has 26 heavy (non-hydrogen) atoms. The molecule has 0 heterocycles. The van der Waals surface area contributed by atoms with E-state index in [1.807, 2.05) is 6.26 Å². The number of carbonyl (C=O) groups excluding carboxylic acids is 2. The molecule has 2 N–H and O–H groups in total. The normalized spacial score (nSPS) is 12.7. The Hall–Kier alpha value is -2.62. The summed E-state index contributed by atoms with van der Waals surface area (Å²) in [6.45, 7) is 1.37. The van der Waals surface area contributed by atoms with Crippen molar-refractivity contribution in [1.29, 1.82) is 0 Å². The third-order valence-corrected chi connectivity index (χ3v) is 4.46. The lowest BCUT2D eigenvalue weighted by atomic mass is 10.1. The highest BCUT2D eigenvalue weighted by Gasteiger charge is 2.29. The van der Waals surface area contributed by atoms with Gasteiger partial charge in [0.25, 0.3) is 11.6 Å². The summed E-state index contributed by atoms with van der Waals surface area (Å²) in [7, 11) is 1.35. The van der Waals surface area contributed by atoms with E-state index in [1.165, 1.54) is 43.9 Å². The summed E-state index contributed by atoms with van der Waals surface area (Å²) in [5.41, 5.74) is -0.184. The van der Waals surface area contributed by atoms with Crippen molar-refractivity contribution in [2.75, 3.05) is 19.1 Å². The molecular weight excluding hydrogens is 362 g/mol. The SMILES string of the molecule is CSCCC(NC(=O)c1cccc([N+](=O)[O-])c1)C(=O)N(C)C(C)C(=O)O. The summed E-state index contributed by atoms with van der Waals surface area (Å²) in [6.07, 6.45) is 2.14. The number of amides is 2. The zero-order valence-electron chi connectivity index (χ0n) is 14.7. The Kier molecular flexibility index (Phi) is 8.04. The van der Waals surface area contributed by atoms with Crippen LogP contribution in [0.2, 0.25) is 0 Å². The number of carbonyl (C=O) groups is 3. The van der Waals surface area contributed by atoms with Crippen LogP contribution in [0.1, 0.15) is 23.7 Å². The lowest BCUT2D eigenvalue weighted by molar-refractivity contribution is -0.384. The van der Waals surface area contributed by atoms with Crippen molar-refractivity contribution in [3.05, 3.63) is 39.9 Å². The molecule has 142 valence electrons. The fraction of sp³-hybridized carbons (Fsp3) is 0.438. The molecule has 10 heteroatoms. The zero-order chi connectivity index (χ0) is 19.9. The van der Waals surface area contributed by atoms with Gasteiger partial charge in [0.1, 0.15) is 12.1 Å². The number of nitro groups is 1. The van der Waals surface area contributed by atoms with E-state index in [2.05, 4.69) is 5.32 Å². The first-order valence-electron chi connectivity index (χ1n) is 7.72. The highest BCUT2D eigenvalue weighted by atomic mass is 32.2. The van der Waals surface area contributed by atoms with E-state index in [-0.39, 0.29) is 11.3 Å². The molecule has 0 aliphatic rings. The van der Waals surface area contributed by atoms with Crippen LogP contribution in [0.15, 0.2) is 24.3 Å². The second-order valence-corrected chi connectivity index (χ2v) is 6.56. The van der Waals surface area contributed by atoms with Crippen molar-refractivity contribution < 1.29 is 24.4 Å². The third kappa shape index (κ3) is 5.73. The number of carboxylic acids is 1. The number of carboxylic acid groups (broad SMARTS) is 1. The predicted molar refractivity (Wildman–Crippen MR) is 97.2 cm³/mol. The van der Waals surface area contributed by atoms with Crippen LogP contribution in [0.25, 0.3) is 0 Å². The molecule has 2 atom stereocenters. The number of nitro benzene ring substituents is 1. The maximum absolute atomic E-state index is 12.6. The number of likely N-dealkylation sites (N-methyl/N-ethyl adjacent to an activating group) is 1. The maximum atomic E-state index is 12.6. The smallest absolute Gasteiger partial charge is 0.326 e. The average Bonchev–Trinajstić information content (AvgIpc) is 2.62. The monoisotopic (exact) mass is 383 g/mol. The van der Waals surface area contributed by atoms with Crippen molar-refractivity contribution >= 4 is 35.2 Å². The fourth-order valence-electron chi connectivity index (χ4n) is 2.10. The molecule has 0 bridgehead atoms. The second-order valence-electron chi connectivity index (χ2n) is 5.58. The van der Waals surface area contributed by atoms with E-state index >= 15 is 0 Å². The van der Waals surface area contributed by atoms with Gasteiger partial charge in [-0.15, -0.1) is 0 Å². The molecule has 2 amide bonds. The van der Waals surface area contributed by atoms with Gasteiger partial charge in [-0.05, 0) is 31.4 Å². The summed E-state index contributed by atoms with van der Waals surface area (Å²) >= 11 is 1.48. The summed E-state index contributed by atoms with van der Waals surface area (Å²) in [4.78, 5) is 47.3. The number of thioether (sulfide) groups is 1. The second kappa shape index (κ2) is 9.76. The minimum Gasteiger partial charge on any atom is -0.480 e. The number of aliphatic carboxylic acids is 1. The Morgan fingerprint density at radius 2 is 2.04 bits per heavy atom. The molecule has 1 aromatic carbocycles. The standard InChI is InChI=1S/C16H21N3O6S/c1-10(16(22)23)18(2)15(21)13(7-8-26-3)17-14(20)11-5-4-6-12(9-11)19(24)25/h4-6,9-10,13H,7-8H2,1-3H3,(H,17,20)(H,22,23). The van der Waals surface area contributed by atoms with E-state index in [0.717, 1.165) is 11.0 Å². The summed E-state index contributed by atoms with van der Waals surface area (Å²) in [5, 5.41) is 22.4. The average molecular weight is 383 g/mol. The van der Waals surface area contributed by atoms with Gasteiger partial charge in [0.05, 0.1) is 4.92 Å². The van der Waals surface area contributed by atoms with Gasteiger partial charge in [-0.1, -0.05) is 6.07 Å². The summed E-state index contributed by atoms with van der Waals surface area (Å²) < 4.78 is 0. The fourth-order valence-corrected chi connectivity index (χ4v) is 2.57. The van der Waals surface area contributed by atoms with E-state index in [1.54, 1.807) is 0 Å². The van der Waals surface area contributed by atoms with Crippen molar-refractivity contribution in [1.82, 2.24) is 10.2 Å². The topological polar surface area (TPSA) is 130 Å². The molecule has 1 aromatic rings. The van der Waals surface area contributed by atoms with Crippen LogP contribution in [0.4, 0.5) is 5.69 Å². The zero-order valence-corrected chi connectivity index (χ0v) is 15.5. The number of nitrogens with zero attached hydrogens (tertiary/aromatic N) is 2. The molecule has 0 radical (unpaired) electrons. The van der Waals surface area contributed by atoms with Crippen LogP contribution >= 0.6 is 11.8 Å². The van der Waals surface area contributed by atoms with Crippen molar-refractivity contribution in [3.8, 4) is 0 Å². The number of hydrogen-bond donors (Lipinski definition) is 2. The van der Waals surface area contributed by atoms with E-state index in [9.17, 15) is 24.5 Å². The molecule has 9 nitrogen and oxygen atoms in total. The summed E-state index contributed by atoms with van der Waals surface area (Å²) in [6, 6.07) is 3.19. The minimum atomic E-state index is -1.16. The third-order valence-electron chi connectivity index (χ3n) is 3.82. The Labute approximate surface area is 154 Å². The number of rotatable bonds is 9. The number of non-ortho nitro benzene ring substituents is 1. The molecule has 0 aliphatic heterocycles. The lowest BCUT2D eigenvalue weighted by Crippen LogP contribution is -2.51. The minimum absolute atomic E-state index is 0.0510. The van der Waals surface area contributed by atoms with Crippen LogP contribution in [0.5, 0.6) is 0 Å². The molecule has 2 unspecified atom stereocenters. The number of benzene rings is 1. The van der Waals surface area contributed by atoms with Crippen LogP contribution in [-0.2, 0) is 9.59 Å².